The van der Waals surface area contributed by atoms with E-state index in [9.17, 15) is 14.4 Å². The summed E-state index contributed by atoms with van der Waals surface area (Å²) in [5, 5.41) is 6.81. The Balaban J connectivity index is 0. The van der Waals surface area contributed by atoms with E-state index in [0.29, 0.717) is 0 Å². The second-order valence-corrected chi connectivity index (χ2v) is 2.46. The molecule has 3 amide bonds. The van der Waals surface area contributed by atoms with Crippen LogP contribution in [0.4, 0.5) is 0 Å². The topological polar surface area (TPSA) is 87.3 Å². The number of rotatable bonds is 4. The maximum absolute atomic E-state index is 11.2. The van der Waals surface area contributed by atoms with E-state index in [2.05, 4.69) is 16.0 Å². The standard InChI is InChI=1S/C8H14N3O3.Y/c1-4-5(12)11-6(7(13)9-2)8(14)10-3;/h4,6H,1-3H3,(H,9,13)(H,10,14)(H,11,12);/q-1;. The van der Waals surface area contributed by atoms with Crippen molar-refractivity contribution in [2.75, 3.05) is 14.1 Å². The van der Waals surface area contributed by atoms with Crippen LogP contribution in [0.2, 0.25) is 0 Å². The Kier molecular flexibility index (Phi) is 9.71. The molecule has 0 spiro atoms. The van der Waals surface area contributed by atoms with Crippen LogP contribution in [0.3, 0.4) is 0 Å². The molecular weight excluding hydrogens is 275 g/mol. The molecular formula is C8H14N3O3Y-. The van der Waals surface area contributed by atoms with Gasteiger partial charge in [-0.25, -0.2) is 0 Å². The van der Waals surface area contributed by atoms with Crippen molar-refractivity contribution in [3.8, 4) is 0 Å². The van der Waals surface area contributed by atoms with Gasteiger partial charge in [0.2, 0.25) is 0 Å². The van der Waals surface area contributed by atoms with E-state index >= 15 is 0 Å². The third-order valence-electron chi connectivity index (χ3n) is 1.57. The van der Waals surface area contributed by atoms with Crippen LogP contribution < -0.4 is 16.0 Å². The van der Waals surface area contributed by atoms with Gasteiger partial charge in [-0.15, -0.1) is 0 Å². The minimum Gasteiger partial charge on any atom is -0.362 e. The van der Waals surface area contributed by atoms with Crippen molar-refractivity contribution in [1.82, 2.24) is 16.0 Å². The minimum atomic E-state index is -1.19. The molecule has 3 N–H and O–H groups in total. The van der Waals surface area contributed by atoms with Crippen LogP contribution in [0.25, 0.3) is 0 Å². The van der Waals surface area contributed by atoms with Gasteiger partial charge < -0.3 is 27.2 Å². The molecule has 0 bridgehead atoms. The second-order valence-electron chi connectivity index (χ2n) is 2.46. The van der Waals surface area contributed by atoms with Gasteiger partial charge in [-0.3, -0.25) is 9.59 Å². The van der Waals surface area contributed by atoms with Crippen LogP contribution in [0.5, 0.6) is 0 Å². The molecule has 0 aliphatic rings. The number of carbonyl (C=O) groups is 3. The summed E-state index contributed by atoms with van der Waals surface area (Å²) >= 11 is 0. The van der Waals surface area contributed by atoms with Crippen LogP contribution >= 0.6 is 0 Å². The van der Waals surface area contributed by atoms with Gasteiger partial charge >= 0.3 is 0 Å². The molecule has 0 atom stereocenters. The van der Waals surface area contributed by atoms with Crippen LogP contribution in [0.1, 0.15) is 6.92 Å². The second kappa shape index (κ2) is 8.67. The molecule has 83 valence electrons. The molecule has 0 unspecified atom stereocenters. The van der Waals surface area contributed by atoms with Crippen molar-refractivity contribution in [1.29, 1.82) is 0 Å². The first kappa shape index (κ1) is 16.8. The zero-order valence-corrected chi connectivity index (χ0v) is 11.8. The van der Waals surface area contributed by atoms with E-state index in [1.54, 1.807) is 0 Å². The predicted octanol–water partition coefficient (Wildman–Crippen LogP) is -1.82. The van der Waals surface area contributed by atoms with Crippen LogP contribution in [0, 0.1) is 6.42 Å². The molecule has 0 fully saturated rings. The maximum Gasteiger partial charge on any atom is 0.252 e. The third kappa shape index (κ3) is 5.74. The molecule has 0 aromatic heterocycles. The summed E-state index contributed by atoms with van der Waals surface area (Å²) < 4.78 is 0. The fourth-order valence-electron chi connectivity index (χ4n) is 0.764. The number of hydrogen-bond donors (Lipinski definition) is 3. The zero-order valence-electron chi connectivity index (χ0n) is 8.96. The normalized spacial score (nSPS) is 8.53. The van der Waals surface area contributed by atoms with E-state index < -0.39 is 23.8 Å². The van der Waals surface area contributed by atoms with Crippen molar-refractivity contribution >= 4 is 17.7 Å². The Labute approximate surface area is 114 Å². The summed E-state index contributed by atoms with van der Waals surface area (Å²) in [6.45, 7) is 1.51. The molecule has 0 aliphatic carbocycles. The maximum atomic E-state index is 11.2. The average Bonchev–Trinajstić information content (AvgIpc) is 2.23. The van der Waals surface area contributed by atoms with Gasteiger partial charge in [0.15, 0.2) is 6.04 Å². The van der Waals surface area contributed by atoms with E-state index in [1.165, 1.54) is 27.4 Å². The zero-order chi connectivity index (χ0) is 11.1. The Hall–Kier alpha value is -0.616. The molecule has 6 nitrogen and oxygen atoms in total. The van der Waals surface area contributed by atoms with Gasteiger partial charge in [0, 0.05) is 46.8 Å². The minimum absolute atomic E-state index is 0. The Bertz CT molecular complexity index is 229. The summed E-state index contributed by atoms with van der Waals surface area (Å²) in [4.78, 5) is 33.3. The molecule has 0 rings (SSSR count). The van der Waals surface area contributed by atoms with E-state index in [4.69, 9.17) is 0 Å². The van der Waals surface area contributed by atoms with Gasteiger partial charge in [-0.1, -0.05) is 0 Å². The predicted molar refractivity (Wildman–Crippen MR) is 50.0 cm³/mol. The van der Waals surface area contributed by atoms with E-state index in [0.717, 1.165) is 0 Å². The SMILES string of the molecule is C[CH-]C(=O)NC(C(=O)NC)C(=O)NC.[Y]. The van der Waals surface area contributed by atoms with Crippen molar-refractivity contribution < 1.29 is 47.1 Å². The fourth-order valence-corrected chi connectivity index (χ4v) is 0.764. The van der Waals surface area contributed by atoms with Crippen molar-refractivity contribution in [3.05, 3.63) is 6.42 Å². The van der Waals surface area contributed by atoms with Gasteiger partial charge in [0.25, 0.3) is 11.8 Å². The Morgan fingerprint density at radius 3 is 1.73 bits per heavy atom. The van der Waals surface area contributed by atoms with Crippen molar-refractivity contribution in [2.45, 2.75) is 13.0 Å². The fraction of sp³-hybridized carbons (Fsp3) is 0.500. The molecule has 0 saturated carbocycles. The monoisotopic (exact) mass is 289 g/mol. The first-order chi connectivity index (χ1) is 6.56. The van der Waals surface area contributed by atoms with E-state index in [1.807, 2.05) is 0 Å². The van der Waals surface area contributed by atoms with Crippen molar-refractivity contribution in [3.63, 3.8) is 0 Å². The molecule has 15 heavy (non-hydrogen) atoms. The Morgan fingerprint density at radius 2 is 1.47 bits per heavy atom. The summed E-state index contributed by atoms with van der Waals surface area (Å²) in [5.74, 6) is -1.58. The van der Waals surface area contributed by atoms with Crippen LogP contribution in [-0.4, -0.2) is 37.9 Å². The molecule has 1 radical (unpaired) electrons. The van der Waals surface area contributed by atoms with Crippen LogP contribution in [-0.2, 0) is 47.1 Å². The Morgan fingerprint density at radius 1 is 1.07 bits per heavy atom. The molecule has 0 aromatic carbocycles. The first-order valence-corrected chi connectivity index (χ1v) is 4.09. The summed E-state index contributed by atoms with van der Waals surface area (Å²) in [6, 6.07) is -1.19. The first-order valence-electron chi connectivity index (χ1n) is 4.09. The average molecular weight is 289 g/mol. The van der Waals surface area contributed by atoms with Crippen LogP contribution in [0.15, 0.2) is 0 Å². The van der Waals surface area contributed by atoms with Crippen molar-refractivity contribution in [2.24, 2.45) is 0 Å². The van der Waals surface area contributed by atoms with Gasteiger partial charge in [-0.2, -0.15) is 6.92 Å². The number of hydrogen-bond acceptors (Lipinski definition) is 3. The van der Waals surface area contributed by atoms with Gasteiger partial charge in [0.05, 0.1) is 5.91 Å². The third-order valence-corrected chi connectivity index (χ3v) is 1.57. The molecule has 0 saturated heterocycles. The largest absolute Gasteiger partial charge is 0.362 e. The smallest absolute Gasteiger partial charge is 0.252 e. The summed E-state index contributed by atoms with van der Waals surface area (Å²) in [5.41, 5.74) is 0. The van der Waals surface area contributed by atoms with Gasteiger partial charge in [0.1, 0.15) is 0 Å². The van der Waals surface area contributed by atoms with Gasteiger partial charge in [-0.05, 0) is 0 Å². The summed E-state index contributed by atoms with van der Waals surface area (Å²) in [6.07, 6.45) is 1.24. The number of nitrogens with one attached hydrogen (secondary N) is 3. The molecule has 0 aliphatic heterocycles. The molecule has 0 heterocycles. The molecule has 0 aromatic rings. The summed E-state index contributed by atoms with van der Waals surface area (Å²) in [7, 11) is 2.78. The number of carbonyl (C=O) groups excluding carboxylic acids is 3. The number of amides is 3. The van der Waals surface area contributed by atoms with E-state index in [-0.39, 0.29) is 32.7 Å². The quantitative estimate of drug-likeness (QED) is 0.421. The number of likely N-dealkylation sites (N-methyl/N-ethyl adjacent to an activating group) is 2. The molecule has 7 heteroatoms.